The lowest BCUT2D eigenvalue weighted by Gasteiger charge is -2.16. The van der Waals surface area contributed by atoms with Crippen LogP contribution in [0.5, 0.6) is 0 Å². The van der Waals surface area contributed by atoms with Crippen molar-refractivity contribution in [3.63, 3.8) is 0 Å². The van der Waals surface area contributed by atoms with Gasteiger partial charge in [0, 0.05) is 22.4 Å². The maximum absolute atomic E-state index is 4.67. The first-order chi connectivity index (χ1) is 10.0. The summed E-state index contributed by atoms with van der Waals surface area (Å²) in [5.74, 6) is 0.973. The van der Waals surface area contributed by atoms with Crippen molar-refractivity contribution in [3.05, 3.63) is 39.6 Å². The summed E-state index contributed by atoms with van der Waals surface area (Å²) in [5.41, 5.74) is 4.73. The second kappa shape index (κ2) is 5.84. The van der Waals surface area contributed by atoms with Gasteiger partial charge in [-0.3, -0.25) is 4.57 Å². The number of hydrogen-bond donors (Lipinski definition) is 1. The summed E-state index contributed by atoms with van der Waals surface area (Å²) in [6, 6.07) is 4.99. The Morgan fingerprint density at radius 1 is 1.14 bits per heavy atom. The fourth-order valence-corrected chi connectivity index (χ4v) is 3.34. The van der Waals surface area contributed by atoms with Gasteiger partial charge in [-0.25, -0.2) is 4.98 Å². The minimum Gasteiger partial charge on any atom is -0.353 e. The fraction of sp³-hybridized carbons (Fsp3) is 0.471. The van der Waals surface area contributed by atoms with E-state index in [1.165, 1.54) is 47.0 Å². The zero-order valence-corrected chi connectivity index (χ0v) is 14.5. The maximum Gasteiger partial charge on any atom is 0.207 e. The van der Waals surface area contributed by atoms with Crippen LogP contribution in [0.1, 0.15) is 42.5 Å². The molecule has 2 aromatic rings. The molecule has 0 amide bonds. The quantitative estimate of drug-likeness (QED) is 0.854. The van der Waals surface area contributed by atoms with Gasteiger partial charge in [0.15, 0.2) is 0 Å². The number of hydrogen-bond acceptors (Lipinski definition) is 2. The minimum atomic E-state index is 0.572. The number of nitrogens with zero attached hydrogens (tertiary/aromatic N) is 2. The van der Waals surface area contributed by atoms with Gasteiger partial charge in [0.25, 0.3) is 0 Å². The van der Waals surface area contributed by atoms with E-state index in [1.54, 1.807) is 0 Å². The first-order valence-electron chi connectivity index (χ1n) is 7.64. The third-order valence-electron chi connectivity index (χ3n) is 4.21. The van der Waals surface area contributed by atoms with Crippen molar-refractivity contribution in [2.45, 2.75) is 52.5 Å². The number of halogens is 1. The van der Waals surface area contributed by atoms with Gasteiger partial charge in [-0.2, -0.15) is 0 Å². The molecule has 1 aliphatic rings. The average molecular weight is 348 g/mol. The monoisotopic (exact) mass is 347 g/mol. The fourth-order valence-electron chi connectivity index (χ4n) is 3.11. The van der Waals surface area contributed by atoms with Crippen LogP contribution in [0.25, 0.3) is 5.69 Å². The van der Waals surface area contributed by atoms with Gasteiger partial charge >= 0.3 is 0 Å². The van der Waals surface area contributed by atoms with E-state index in [1.807, 2.05) is 0 Å². The van der Waals surface area contributed by atoms with Crippen LogP contribution in [-0.4, -0.2) is 15.6 Å². The zero-order chi connectivity index (χ0) is 15.0. The molecule has 1 N–H and O–H groups in total. The van der Waals surface area contributed by atoms with E-state index in [2.05, 4.69) is 69.9 Å². The molecule has 4 heteroatoms. The molecule has 0 radical (unpaired) electrons. The Hall–Kier alpha value is -1.29. The van der Waals surface area contributed by atoms with Crippen molar-refractivity contribution >= 4 is 21.9 Å². The van der Waals surface area contributed by atoms with Crippen molar-refractivity contribution in [2.75, 3.05) is 5.32 Å². The lowest BCUT2D eigenvalue weighted by molar-refractivity contribution is 0.740. The number of anilines is 1. The molecule has 0 aliphatic heterocycles. The van der Waals surface area contributed by atoms with Gasteiger partial charge in [-0.15, -0.1) is 0 Å². The Labute approximate surface area is 134 Å². The lowest BCUT2D eigenvalue weighted by Crippen LogP contribution is -2.17. The first-order valence-corrected chi connectivity index (χ1v) is 8.43. The molecule has 1 aromatic carbocycles. The Bertz CT molecular complexity index is 631. The normalized spacial score (nSPS) is 15.6. The highest BCUT2D eigenvalue weighted by Gasteiger charge is 2.18. The molecular weight excluding hydrogens is 326 g/mol. The molecule has 0 atom stereocenters. The molecule has 1 fully saturated rings. The first kappa shape index (κ1) is 14.6. The van der Waals surface area contributed by atoms with Crippen LogP contribution in [0.4, 0.5) is 5.95 Å². The minimum absolute atomic E-state index is 0.572. The van der Waals surface area contributed by atoms with Gasteiger partial charge in [0.1, 0.15) is 0 Å². The Morgan fingerprint density at radius 3 is 2.38 bits per heavy atom. The zero-order valence-electron chi connectivity index (χ0n) is 12.9. The Balaban J connectivity index is 1.98. The van der Waals surface area contributed by atoms with Crippen LogP contribution in [0.2, 0.25) is 0 Å². The molecule has 21 heavy (non-hydrogen) atoms. The van der Waals surface area contributed by atoms with Crippen LogP contribution in [-0.2, 0) is 0 Å². The topological polar surface area (TPSA) is 29.9 Å². The molecule has 0 saturated heterocycles. The summed E-state index contributed by atoms with van der Waals surface area (Å²) in [7, 11) is 0. The molecule has 0 bridgehead atoms. The van der Waals surface area contributed by atoms with Gasteiger partial charge < -0.3 is 5.32 Å². The van der Waals surface area contributed by atoms with Crippen LogP contribution in [0.3, 0.4) is 0 Å². The third kappa shape index (κ3) is 3.00. The number of aryl methyl sites for hydroxylation is 3. The highest BCUT2D eigenvalue weighted by molar-refractivity contribution is 9.10. The smallest absolute Gasteiger partial charge is 0.207 e. The van der Waals surface area contributed by atoms with Gasteiger partial charge in [0.2, 0.25) is 5.95 Å². The summed E-state index contributed by atoms with van der Waals surface area (Å²) < 4.78 is 3.37. The Morgan fingerprint density at radius 2 is 1.76 bits per heavy atom. The van der Waals surface area contributed by atoms with Crippen LogP contribution >= 0.6 is 15.9 Å². The van der Waals surface area contributed by atoms with Crippen molar-refractivity contribution < 1.29 is 0 Å². The van der Waals surface area contributed by atoms with Crippen LogP contribution < -0.4 is 5.32 Å². The van der Waals surface area contributed by atoms with Gasteiger partial charge in [-0.05, 0) is 56.9 Å². The number of aromatic nitrogens is 2. The van der Waals surface area contributed by atoms with E-state index in [9.17, 15) is 0 Å². The van der Waals surface area contributed by atoms with E-state index in [0.717, 1.165) is 11.6 Å². The molecule has 1 aromatic heterocycles. The van der Waals surface area contributed by atoms with Gasteiger partial charge in [0.05, 0.1) is 5.69 Å². The van der Waals surface area contributed by atoms with E-state index in [-0.39, 0.29) is 0 Å². The molecule has 0 unspecified atom stereocenters. The number of imidazole rings is 1. The largest absolute Gasteiger partial charge is 0.353 e. The van der Waals surface area contributed by atoms with Crippen LogP contribution in [0, 0.1) is 20.8 Å². The van der Waals surface area contributed by atoms with Crippen molar-refractivity contribution in [2.24, 2.45) is 0 Å². The molecule has 3 nitrogen and oxygen atoms in total. The number of rotatable bonds is 3. The SMILES string of the molecule is Cc1cn(-c2cc(C)c(Br)c(C)c2)c(NC2CCCC2)n1. The molecule has 1 saturated carbocycles. The molecule has 3 rings (SSSR count). The van der Waals surface area contributed by atoms with E-state index >= 15 is 0 Å². The summed E-state index contributed by atoms with van der Waals surface area (Å²) in [5, 5.41) is 3.62. The molecule has 1 heterocycles. The van der Waals surface area contributed by atoms with Gasteiger partial charge in [-0.1, -0.05) is 28.8 Å². The predicted molar refractivity (Wildman–Crippen MR) is 91.4 cm³/mol. The number of nitrogens with one attached hydrogen (secondary N) is 1. The molecule has 112 valence electrons. The summed E-state index contributed by atoms with van der Waals surface area (Å²) in [6.07, 6.45) is 7.27. The highest BCUT2D eigenvalue weighted by Crippen LogP contribution is 2.28. The van der Waals surface area contributed by atoms with Crippen molar-refractivity contribution in [1.82, 2.24) is 9.55 Å². The van der Waals surface area contributed by atoms with E-state index in [4.69, 9.17) is 0 Å². The van der Waals surface area contributed by atoms with Crippen molar-refractivity contribution in [1.29, 1.82) is 0 Å². The lowest BCUT2D eigenvalue weighted by atomic mass is 10.1. The second-order valence-electron chi connectivity index (χ2n) is 6.10. The van der Waals surface area contributed by atoms with E-state index in [0.29, 0.717) is 6.04 Å². The van der Waals surface area contributed by atoms with E-state index < -0.39 is 0 Å². The maximum atomic E-state index is 4.67. The molecular formula is C17H22BrN3. The predicted octanol–water partition coefficient (Wildman–Crippen LogP) is 4.91. The standard InChI is InChI=1S/C17H22BrN3/c1-11-8-15(9-12(2)16(11)18)21-10-13(3)19-17(21)20-14-6-4-5-7-14/h8-10,14H,4-7H2,1-3H3,(H,19,20). The second-order valence-corrected chi connectivity index (χ2v) is 6.89. The number of benzene rings is 1. The average Bonchev–Trinajstić information content (AvgIpc) is 3.06. The highest BCUT2D eigenvalue weighted by atomic mass is 79.9. The van der Waals surface area contributed by atoms with Crippen LogP contribution in [0.15, 0.2) is 22.8 Å². The summed E-state index contributed by atoms with van der Waals surface area (Å²) >= 11 is 3.64. The molecule has 0 spiro atoms. The third-order valence-corrected chi connectivity index (χ3v) is 5.46. The summed E-state index contributed by atoms with van der Waals surface area (Å²) in [6.45, 7) is 6.32. The molecule has 1 aliphatic carbocycles. The van der Waals surface area contributed by atoms with Crippen molar-refractivity contribution in [3.8, 4) is 5.69 Å². The summed E-state index contributed by atoms with van der Waals surface area (Å²) in [4.78, 5) is 4.67. The Kier molecular flexibility index (Phi) is 4.07.